The maximum absolute atomic E-state index is 11.6. The number of rotatable bonds is 8. The van der Waals surface area contributed by atoms with Gasteiger partial charge in [-0.25, -0.2) is 0 Å². The zero-order chi connectivity index (χ0) is 15.0. The third-order valence-corrected chi connectivity index (χ3v) is 4.40. The number of aliphatic hydroxyl groups excluding tert-OH is 1. The lowest BCUT2D eigenvalue weighted by Crippen LogP contribution is -2.29. The fourth-order valence-corrected chi connectivity index (χ4v) is 2.33. The molecule has 2 atom stereocenters. The van der Waals surface area contributed by atoms with Crippen molar-refractivity contribution in [3.05, 3.63) is 29.8 Å². The molecule has 1 aromatic rings. The van der Waals surface area contributed by atoms with Gasteiger partial charge in [0.1, 0.15) is 5.75 Å². The summed E-state index contributed by atoms with van der Waals surface area (Å²) in [5.41, 5.74) is 1.16. The lowest BCUT2D eigenvalue weighted by atomic mass is 10.1. The standard InChI is InChI=1S/C15H23NO3S/c1-11(17)12(2)20-10-15(18)16-9-8-13-4-6-14(19-3)7-5-13/h4-7,11-12,17H,8-10H2,1-3H3,(H,16,18). The Morgan fingerprint density at radius 3 is 2.55 bits per heavy atom. The Morgan fingerprint density at radius 1 is 1.35 bits per heavy atom. The lowest BCUT2D eigenvalue weighted by molar-refractivity contribution is -0.118. The van der Waals surface area contributed by atoms with Crippen molar-refractivity contribution in [2.75, 3.05) is 19.4 Å². The lowest BCUT2D eigenvalue weighted by Gasteiger charge is -2.13. The third-order valence-electron chi connectivity index (χ3n) is 3.05. The molecule has 0 aliphatic carbocycles. The second kappa shape index (κ2) is 8.87. The molecule has 20 heavy (non-hydrogen) atoms. The first-order valence-electron chi connectivity index (χ1n) is 6.72. The van der Waals surface area contributed by atoms with Crippen LogP contribution in [0.2, 0.25) is 0 Å². The van der Waals surface area contributed by atoms with E-state index >= 15 is 0 Å². The van der Waals surface area contributed by atoms with E-state index < -0.39 is 6.10 Å². The van der Waals surface area contributed by atoms with Gasteiger partial charge in [0.2, 0.25) is 5.91 Å². The van der Waals surface area contributed by atoms with Crippen LogP contribution in [0.4, 0.5) is 0 Å². The van der Waals surface area contributed by atoms with Crippen LogP contribution in [0.1, 0.15) is 19.4 Å². The average molecular weight is 297 g/mol. The molecule has 1 amide bonds. The van der Waals surface area contributed by atoms with Gasteiger partial charge in [-0.15, -0.1) is 11.8 Å². The second-order valence-corrected chi connectivity index (χ2v) is 6.07. The van der Waals surface area contributed by atoms with Crippen LogP contribution >= 0.6 is 11.8 Å². The van der Waals surface area contributed by atoms with Crippen LogP contribution in [-0.2, 0) is 11.2 Å². The SMILES string of the molecule is COc1ccc(CCNC(=O)CSC(C)C(C)O)cc1. The summed E-state index contributed by atoms with van der Waals surface area (Å²) in [7, 11) is 1.64. The van der Waals surface area contributed by atoms with Crippen molar-refractivity contribution in [3.63, 3.8) is 0 Å². The first-order valence-corrected chi connectivity index (χ1v) is 7.77. The molecule has 0 aromatic heterocycles. The Morgan fingerprint density at radius 2 is 2.00 bits per heavy atom. The molecule has 0 saturated heterocycles. The molecule has 1 aromatic carbocycles. The average Bonchev–Trinajstić information content (AvgIpc) is 2.45. The Balaban J connectivity index is 2.21. The van der Waals surface area contributed by atoms with Crippen molar-refractivity contribution in [2.24, 2.45) is 0 Å². The van der Waals surface area contributed by atoms with Gasteiger partial charge in [-0.3, -0.25) is 4.79 Å². The molecule has 4 nitrogen and oxygen atoms in total. The van der Waals surface area contributed by atoms with E-state index in [1.54, 1.807) is 14.0 Å². The van der Waals surface area contributed by atoms with Crippen molar-refractivity contribution in [2.45, 2.75) is 31.6 Å². The van der Waals surface area contributed by atoms with Crippen molar-refractivity contribution in [1.29, 1.82) is 0 Å². The minimum absolute atomic E-state index is 0.0102. The number of hydrogen-bond acceptors (Lipinski definition) is 4. The zero-order valence-corrected chi connectivity index (χ0v) is 13.1. The minimum atomic E-state index is -0.396. The van der Waals surface area contributed by atoms with Gasteiger partial charge in [0.05, 0.1) is 19.0 Å². The molecule has 0 fully saturated rings. The van der Waals surface area contributed by atoms with E-state index in [1.165, 1.54) is 11.8 Å². The number of amides is 1. The maximum atomic E-state index is 11.6. The molecule has 0 aliphatic heterocycles. The highest BCUT2D eigenvalue weighted by Crippen LogP contribution is 2.13. The molecule has 0 heterocycles. The molecule has 0 spiro atoms. The number of ether oxygens (including phenoxy) is 1. The molecular formula is C15H23NO3S. The number of nitrogens with one attached hydrogen (secondary N) is 1. The molecule has 0 saturated carbocycles. The van der Waals surface area contributed by atoms with Gasteiger partial charge in [0, 0.05) is 11.8 Å². The van der Waals surface area contributed by atoms with E-state index in [0.29, 0.717) is 12.3 Å². The number of thioether (sulfide) groups is 1. The predicted molar refractivity (Wildman–Crippen MR) is 83.3 cm³/mol. The number of methoxy groups -OCH3 is 1. The quantitative estimate of drug-likeness (QED) is 0.769. The molecule has 112 valence electrons. The van der Waals surface area contributed by atoms with Crippen LogP contribution in [0.3, 0.4) is 0 Å². The van der Waals surface area contributed by atoms with Crippen molar-refractivity contribution < 1.29 is 14.6 Å². The van der Waals surface area contributed by atoms with Crippen molar-refractivity contribution in [3.8, 4) is 5.75 Å². The Kier molecular flexibility index (Phi) is 7.47. The summed E-state index contributed by atoms with van der Waals surface area (Å²) >= 11 is 1.47. The number of aliphatic hydroxyl groups is 1. The highest BCUT2D eigenvalue weighted by molar-refractivity contribution is 8.00. The maximum Gasteiger partial charge on any atom is 0.230 e. The van der Waals surface area contributed by atoms with Crippen LogP contribution in [0.5, 0.6) is 5.75 Å². The van der Waals surface area contributed by atoms with Gasteiger partial charge >= 0.3 is 0 Å². The van der Waals surface area contributed by atoms with E-state index in [9.17, 15) is 9.90 Å². The summed E-state index contributed by atoms with van der Waals surface area (Å²) in [5.74, 6) is 1.23. The monoisotopic (exact) mass is 297 g/mol. The van der Waals surface area contributed by atoms with Crippen LogP contribution in [-0.4, -0.2) is 41.8 Å². The fourth-order valence-electron chi connectivity index (χ4n) is 1.54. The topological polar surface area (TPSA) is 58.6 Å². The van der Waals surface area contributed by atoms with Crippen LogP contribution in [0, 0.1) is 0 Å². The number of carbonyl (C=O) groups excluding carboxylic acids is 1. The molecule has 0 bridgehead atoms. The summed E-state index contributed by atoms with van der Waals surface area (Å²) < 4.78 is 5.09. The molecule has 0 aliphatic rings. The summed E-state index contributed by atoms with van der Waals surface area (Å²) in [5, 5.41) is 12.3. The van der Waals surface area contributed by atoms with Crippen LogP contribution < -0.4 is 10.1 Å². The van der Waals surface area contributed by atoms with Crippen LogP contribution in [0.15, 0.2) is 24.3 Å². The van der Waals surface area contributed by atoms with E-state index in [-0.39, 0.29) is 11.2 Å². The van der Waals surface area contributed by atoms with E-state index in [0.717, 1.165) is 17.7 Å². The highest BCUT2D eigenvalue weighted by Gasteiger charge is 2.11. The molecule has 1 rings (SSSR count). The van der Waals surface area contributed by atoms with E-state index in [4.69, 9.17) is 4.74 Å². The fraction of sp³-hybridized carbons (Fsp3) is 0.533. The first kappa shape index (κ1) is 16.9. The smallest absolute Gasteiger partial charge is 0.230 e. The zero-order valence-electron chi connectivity index (χ0n) is 12.3. The van der Waals surface area contributed by atoms with Gasteiger partial charge in [-0.2, -0.15) is 0 Å². The van der Waals surface area contributed by atoms with Crippen molar-refractivity contribution in [1.82, 2.24) is 5.32 Å². The summed E-state index contributed by atoms with van der Waals surface area (Å²) in [6.07, 6.45) is 0.402. The summed E-state index contributed by atoms with van der Waals surface area (Å²) in [6.45, 7) is 4.27. The van der Waals surface area contributed by atoms with Crippen molar-refractivity contribution >= 4 is 17.7 Å². The van der Waals surface area contributed by atoms with Gasteiger partial charge in [0.25, 0.3) is 0 Å². The molecular weight excluding hydrogens is 274 g/mol. The highest BCUT2D eigenvalue weighted by atomic mass is 32.2. The minimum Gasteiger partial charge on any atom is -0.497 e. The Bertz CT molecular complexity index is 406. The largest absolute Gasteiger partial charge is 0.497 e. The van der Waals surface area contributed by atoms with Gasteiger partial charge in [0.15, 0.2) is 0 Å². The molecule has 2 N–H and O–H groups in total. The molecule has 5 heteroatoms. The Labute approximate surface area is 124 Å². The summed E-state index contributed by atoms with van der Waals surface area (Å²) in [6, 6.07) is 7.82. The van der Waals surface area contributed by atoms with Gasteiger partial charge in [-0.05, 0) is 31.0 Å². The normalized spacial score (nSPS) is 13.6. The van der Waals surface area contributed by atoms with E-state index in [1.807, 2.05) is 31.2 Å². The van der Waals surface area contributed by atoms with Gasteiger partial charge < -0.3 is 15.2 Å². The van der Waals surface area contributed by atoms with Crippen LogP contribution in [0.25, 0.3) is 0 Å². The van der Waals surface area contributed by atoms with E-state index in [2.05, 4.69) is 5.32 Å². The number of benzene rings is 1. The molecule has 2 unspecified atom stereocenters. The first-order chi connectivity index (χ1) is 9.52. The molecule has 0 radical (unpaired) electrons. The van der Waals surface area contributed by atoms with Gasteiger partial charge in [-0.1, -0.05) is 19.1 Å². The predicted octanol–water partition coefficient (Wildman–Crippen LogP) is 1.86. The second-order valence-electron chi connectivity index (χ2n) is 4.70. The number of carbonyl (C=O) groups is 1. The third kappa shape index (κ3) is 6.30. The Hall–Kier alpha value is -1.20. The summed E-state index contributed by atoms with van der Waals surface area (Å²) in [4.78, 5) is 11.6. The number of hydrogen-bond donors (Lipinski definition) is 2.